The average Bonchev–Trinajstić information content (AvgIpc) is 3.46. The van der Waals surface area contributed by atoms with Crippen LogP contribution in [0.2, 0.25) is 0 Å². The van der Waals surface area contributed by atoms with Crippen molar-refractivity contribution >= 4 is 51.5 Å². The number of nitrogens with zero attached hydrogens (tertiary/aromatic N) is 2. The first-order chi connectivity index (χ1) is 17.5. The Labute approximate surface area is 219 Å². The van der Waals surface area contributed by atoms with Crippen LogP contribution >= 0.6 is 11.5 Å². The maximum Gasteiger partial charge on any atom is 0.273 e. The number of primary amides is 1. The van der Waals surface area contributed by atoms with E-state index in [2.05, 4.69) is 14.7 Å². The van der Waals surface area contributed by atoms with Crippen LogP contribution in [0, 0.1) is 6.92 Å². The number of nitrogen functional groups attached to an aromatic ring is 1. The number of aromatic amines is 1. The van der Waals surface area contributed by atoms with Gasteiger partial charge in [-0.15, -0.1) is 0 Å². The van der Waals surface area contributed by atoms with E-state index in [-0.39, 0.29) is 22.2 Å². The molecule has 0 saturated carbocycles. The van der Waals surface area contributed by atoms with Gasteiger partial charge in [-0.1, -0.05) is 42.8 Å². The predicted molar refractivity (Wildman–Crippen MR) is 147 cm³/mol. The Morgan fingerprint density at radius 3 is 2.43 bits per heavy atom. The van der Waals surface area contributed by atoms with E-state index in [9.17, 15) is 14.4 Å². The van der Waals surface area contributed by atoms with E-state index < -0.39 is 23.4 Å². The van der Waals surface area contributed by atoms with Gasteiger partial charge in [0.05, 0.1) is 5.69 Å². The molecule has 4 rings (SSSR count). The van der Waals surface area contributed by atoms with E-state index in [0.29, 0.717) is 17.7 Å². The molecular weight excluding hydrogens is 488 g/mol. The van der Waals surface area contributed by atoms with E-state index in [0.717, 1.165) is 28.0 Å². The van der Waals surface area contributed by atoms with Gasteiger partial charge < -0.3 is 21.8 Å². The van der Waals surface area contributed by atoms with Gasteiger partial charge in [0.15, 0.2) is 5.69 Å². The van der Waals surface area contributed by atoms with Gasteiger partial charge in [0.25, 0.3) is 11.8 Å². The predicted octanol–water partition coefficient (Wildman–Crippen LogP) is 4.31. The van der Waals surface area contributed by atoms with Crippen LogP contribution in [0.5, 0.6) is 0 Å². The second-order valence-corrected chi connectivity index (χ2v) is 10.3. The van der Waals surface area contributed by atoms with Gasteiger partial charge in [0, 0.05) is 33.9 Å². The zero-order valence-corrected chi connectivity index (χ0v) is 22.0. The molecule has 4 aromatic rings. The van der Waals surface area contributed by atoms with Crippen molar-refractivity contribution in [1.29, 1.82) is 0 Å². The number of rotatable bonds is 8. The summed E-state index contributed by atoms with van der Waals surface area (Å²) in [5.74, 6) is -1.75. The molecule has 37 heavy (non-hydrogen) atoms. The number of nitrogens with two attached hydrogens (primary N) is 2. The monoisotopic (exact) mass is 518 g/mol. The lowest BCUT2D eigenvalue weighted by molar-refractivity contribution is -0.124. The van der Waals surface area contributed by atoms with Crippen molar-refractivity contribution in [3.05, 3.63) is 76.4 Å². The van der Waals surface area contributed by atoms with Crippen LogP contribution in [-0.4, -0.2) is 32.6 Å². The Hall–Kier alpha value is -4.18. The quantitative estimate of drug-likeness (QED) is 0.274. The Bertz CT molecular complexity index is 1470. The van der Waals surface area contributed by atoms with Gasteiger partial charge in [-0.25, -0.2) is 0 Å². The fourth-order valence-corrected chi connectivity index (χ4v) is 4.78. The molecule has 10 heteroatoms. The zero-order valence-electron chi connectivity index (χ0n) is 21.2. The number of anilines is 2. The van der Waals surface area contributed by atoms with Crippen molar-refractivity contribution in [3.63, 3.8) is 0 Å². The van der Waals surface area contributed by atoms with Crippen molar-refractivity contribution in [2.45, 2.75) is 45.7 Å². The van der Waals surface area contributed by atoms with Crippen LogP contribution in [0.15, 0.2) is 54.7 Å². The van der Waals surface area contributed by atoms with Crippen LogP contribution in [0.1, 0.15) is 64.5 Å². The van der Waals surface area contributed by atoms with Gasteiger partial charge >= 0.3 is 0 Å². The zero-order chi connectivity index (χ0) is 26.9. The third-order valence-corrected chi connectivity index (χ3v) is 7.31. The van der Waals surface area contributed by atoms with Gasteiger partial charge in [0.2, 0.25) is 5.91 Å². The number of carbonyl (C=O) groups is 3. The summed E-state index contributed by atoms with van der Waals surface area (Å²) in [5.41, 5.74) is 13.7. The number of fused-ring (bicyclic) bond motifs is 1. The summed E-state index contributed by atoms with van der Waals surface area (Å²) in [6, 6.07) is 13.8. The van der Waals surface area contributed by atoms with E-state index in [1.54, 1.807) is 18.3 Å². The summed E-state index contributed by atoms with van der Waals surface area (Å²) in [7, 11) is 0. The largest absolute Gasteiger partial charge is 0.395 e. The number of hydrogen-bond acceptors (Lipinski definition) is 6. The summed E-state index contributed by atoms with van der Waals surface area (Å²) >= 11 is 0.780. The highest BCUT2D eigenvalue weighted by Crippen LogP contribution is 2.36. The summed E-state index contributed by atoms with van der Waals surface area (Å²) in [4.78, 5) is 44.7. The van der Waals surface area contributed by atoms with Gasteiger partial charge in [-0.2, -0.15) is 4.37 Å². The fourth-order valence-electron chi connectivity index (χ4n) is 4.04. The van der Waals surface area contributed by atoms with Crippen molar-refractivity contribution in [3.8, 4) is 0 Å². The lowest BCUT2D eigenvalue weighted by atomic mass is 9.97. The standard InChI is InChI=1S/C27H30N6O3S/c1-5-27(3,4)31-25(35)22(18-14-30-19-9-7-6-8-17(18)19)33(16-12-10-15(2)11-13-16)26(36)23-20(28)21(24(29)34)32-37-23/h6-14,22,30H,5,28H2,1-4H3,(H2,29,34)(H,31,35)/t22-/m1/s1. The second-order valence-electron chi connectivity index (χ2n) is 9.57. The summed E-state index contributed by atoms with van der Waals surface area (Å²) in [6.07, 6.45) is 2.43. The molecule has 2 aromatic carbocycles. The number of hydrogen-bond donors (Lipinski definition) is 4. The Balaban J connectivity index is 1.95. The molecule has 0 spiro atoms. The van der Waals surface area contributed by atoms with Crippen molar-refractivity contribution < 1.29 is 14.4 Å². The number of H-pyrrole nitrogens is 1. The summed E-state index contributed by atoms with van der Waals surface area (Å²) in [5, 5.41) is 3.90. The topological polar surface area (TPSA) is 147 Å². The van der Waals surface area contributed by atoms with Crippen LogP contribution < -0.4 is 21.7 Å². The molecule has 9 nitrogen and oxygen atoms in total. The number of benzene rings is 2. The lowest BCUT2D eigenvalue weighted by Gasteiger charge is -2.34. The Kier molecular flexibility index (Phi) is 7.04. The van der Waals surface area contributed by atoms with Gasteiger partial charge in [-0.05, 0) is 56.9 Å². The van der Waals surface area contributed by atoms with Crippen LogP contribution in [0.25, 0.3) is 10.9 Å². The van der Waals surface area contributed by atoms with E-state index in [1.807, 2.05) is 64.1 Å². The molecule has 0 fully saturated rings. The Morgan fingerprint density at radius 2 is 1.81 bits per heavy atom. The molecule has 192 valence electrons. The number of carbonyl (C=O) groups excluding carboxylic acids is 3. The van der Waals surface area contributed by atoms with E-state index >= 15 is 0 Å². The van der Waals surface area contributed by atoms with Crippen molar-refractivity contribution in [1.82, 2.24) is 14.7 Å². The third-order valence-electron chi connectivity index (χ3n) is 6.45. The number of nitrogens with one attached hydrogen (secondary N) is 2. The normalized spacial score (nSPS) is 12.3. The number of aromatic nitrogens is 2. The van der Waals surface area contributed by atoms with E-state index in [4.69, 9.17) is 11.5 Å². The fraction of sp³-hybridized carbons (Fsp3) is 0.259. The minimum Gasteiger partial charge on any atom is -0.395 e. The SMILES string of the molecule is CCC(C)(C)NC(=O)[C@@H](c1c[nH]c2ccccc12)N(C(=O)c1snc(C(N)=O)c1N)c1ccc(C)cc1. The molecular formula is C27H30N6O3S. The lowest BCUT2D eigenvalue weighted by Crippen LogP contribution is -2.50. The van der Waals surface area contributed by atoms with E-state index in [1.165, 1.54) is 4.90 Å². The molecule has 3 amide bonds. The minimum atomic E-state index is -1.06. The molecule has 0 aliphatic rings. The van der Waals surface area contributed by atoms with Crippen molar-refractivity contribution in [2.24, 2.45) is 5.73 Å². The molecule has 0 unspecified atom stereocenters. The molecule has 0 radical (unpaired) electrons. The second kappa shape index (κ2) is 10.1. The number of para-hydroxylation sites is 1. The van der Waals surface area contributed by atoms with Gasteiger partial charge in [0.1, 0.15) is 10.9 Å². The maximum absolute atomic E-state index is 14.2. The molecule has 2 heterocycles. The first kappa shape index (κ1) is 25.9. The van der Waals surface area contributed by atoms with Crippen LogP contribution in [0.3, 0.4) is 0 Å². The van der Waals surface area contributed by atoms with Crippen molar-refractivity contribution in [2.75, 3.05) is 10.6 Å². The highest BCUT2D eigenvalue weighted by Gasteiger charge is 2.38. The Morgan fingerprint density at radius 1 is 1.14 bits per heavy atom. The molecule has 0 aliphatic carbocycles. The third kappa shape index (κ3) is 5.05. The summed E-state index contributed by atoms with van der Waals surface area (Å²) in [6.45, 7) is 7.77. The van der Waals surface area contributed by atoms with Crippen LogP contribution in [0.4, 0.5) is 11.4 Å². The average molecular weight is 519 g/mol. The molecule has 0 aliphatic heterocycles. The molecule has 1 atom stereocenters. The first-order valence-electron chi connectivity index (χ1n) is 11.9. The van der Waals surface area contributed by atoms with Gasteiger partial charge in [-0.3, -0.25) is 19.3 Å². The summed E-state index contributed by atoms with van der Waals surface area (Å²) < 4.78 is 4.00. The maximum atomic E-state index is 14.2. The number of amides is 3. The highest BCUT2D eigenvalue weighted by molar-refractivity contribution is 7.09. The molecule has 2 aromatic heterocycles. The molecule has 0 bridgehead atoms. The molecule has 0 saturated heterocycles. The molecule has 6 N–H and O–H groups in total. The smallest absolute Gasteiger partial charge is 0.273 e. The minimum absolute atomic E-state index is 0.0294. The first-order valence-corrected chi connectivity index (χ1v) is 12.6. The highest BCUT2D eigenvalue weighted by atomic mass is 32.1. The number of aryl methyl sites for hydroxylation is 1. The van der Waals surface area contributed by atoms with Crippen LogP contribution in [-0.2, 0) is 4.79 Å².